The van der Waals surface area contributed by atoms with Gasteiger partial charge in [-0.25, -0.2) is 0 Å². The van der Waals surface area contributed by atoms with Gasteiger partial charge in [-0.3, -0.25) is 0 Å². The second-order valence-electron chi connectivity index (χ2n) is 4.34. The number of hydrogen-bond donors (Lipinski definition) is 0. The molecule has 14 heavy (non-hydrogen) atoms. The lowest BCUT2D eigenvalue weighted by Crippen LogP contribution is -2.13. The van der Waals surface area contributed by atoms with Crippen LogP contribution in [0.2, 0.25) is 0 Å². The Hall–Kier alpha value is -0.260. The number of unbranched alkanes of at least 4 members (excludes halogenated alkanes) is 1. The van der Waals surface area contributed by atoms with Crippen LogP contribution < -0.4 is 0 Å². The van der Waals surface area contributed by atoms with E-state index < -0.39 is 0 Å². The summed E-state index contributed by atoms with van der Waals surface area (Å²) in [4.78, 5) is 0. The first-order chi connectivity index (χ1) is 6.79. The first-order valence-electron chi connectivity index (χ1n) is 6.40. The highest BCUT2D eigenvalue weighted by molar-refractivity contribution is 4.71. The van der Waals surface area contributed by atoms with Gasteiger partial charge < -0.3 is 0 Å². The molecular formula is C14H28. The molecule has 84 valence electrons. The summed E-state index contributed by atoms with van der Waals surface area (Å²) in [6.45, 7) is 10.8. The minimum Gasteiger partial charge on any atom is -0.103 e. The smallest absolute Gasteiger partial charge is 0.0353 e. The summed E-state index contributed by atoms with van der Waals surface area (Å²) in [6, 6.07) is 0. The van der Waals surface area contributed by atoms with E-state index in [1.165, 1.54) is 44.9 Å². The molecule has 2 atom stereocenters. The molecule has 0 heteroatoms. The largest absolute Gasteiger partial charge is 0.103 e. The summed E-state index contributed by atoms with van der Waals surface area (Å²) < 4.78 is 0. The molecule has 0 aromatic rings. The maximum atomic E-state index is 3.78. The normalized spacial score (nSPS) is 15.1. The summed E-state index contributed by atoms with van der Waals surface area (Å²) in [6.07, 6.45) is 11.5. The lowest BCUT2D eigenvalue weighted by atomic mass is 9.81. The van der Waals surface area contributed by atoms with Crippen molar-refractivity contribution >= 4 is 0 Å². The second kappa shape index (κ2) is 9.30. The predicted octanol–water partition coefficient (Wildman–Crippen LogP) is 5.20. The molecule has 0 spiro atoms. The van der Waals surface area contributed by atoms with Crippen LogP contribution in [-0.4, -0.2) is 0 Å². The molecule has 0 bridgehead atoms. The summed E-state index contributed by atoms with van der Waals surface area (Å²) >= 11 is 0. The van der Waals surface area contributed by atoms with Gasteiger partial charge in [-0.15, -0.1) is 6.58 Å². The Morgan fingerprint density at radius 3 is 2.00 bits per heavy atom. The van der Waals surface area contributed by atoms with Gasteiger partial charge in [0.15, 0.2) is 0 Å². The average Bonchev–Trinajstić information content (AvgIpc) is 2.22. The number of rotatable bonds is 9. The molecule has 0 heterocycles. The van der Waals surface area contributed by atoms with Crippen LogP contribution in [-0.2, 0) is 0 Å². The van der Waals surface area contributed by atoms with Crippen molar-refractivity contribution in [1.29, 1.82) is 0 Å². The zero-order chi connectivity index (χ0) is 10.8. The van der Waals surface area contributed by atoms with Crippen molar-refractivity contribution in [2.75, 3.05) is 0 Å². The van der Waals surface area contributed by atoms with Gasteiger partial charge in [-0.1, -0.05) is 52.5 Å². The van der Waals surface area contributed by atoms with E-state index in [9.17, 15) is 0 Å². The van der Waals surface area contributed by atoms with E-state index in [0.717, 1.165) is 11.8 Å². The fraction of sp³-hybridized carbons (Fsp3) is 0.857. The number of hydrogen-bond acceptors (Lipinski definition) is 0. The third kappa shape index (κ3) is 5.47. The van der Waals surface area contributed by atoms with Crippen molar-refractivity contribution in [3.05, 3.63) is 12.7 Å². The van der Waals surface area contributed by atoms with Crippen molar-refractivity contribution in [1.82, 2.24) is 0 Å². The van der Waals surface area contributed by atoms with Gasteiger partial charge in [0.2, 0.25) is 0 Å². The van der Waals surface area contributed by atoms with Crippen LogP contribution in [0.25, 0.3) is 0 Å². The second-order valence-corrected chi connectivity index (χ2v) is 4.34. The lowest BCUT2D eigenvalue weighted by molar-refractivity contribution is 0.271. The first kappa shape index (κ1) is 13.7. The van der Waals surface area contributed by atoms with E-state index in [1.807, 2.05) is 6.08 Å². The molecule has 0 radical (unpaired) electrons. The first-order valence-corrected chi connectivity index (χ1v) is 6.40. The molecule has 0 fully saturated rings. The Kier molecular flexibility index (Phi) is 9.13. The van der Waals surface area contributed by atoms with E-state index in [1.54, 1.807) is 0 Å². The topological polar surface area (TPSA) is 0 Å². The van der Waals surface area contributed by atoms with E-state index in [0.29, 0.717) is 0 Å². The molecule has 0 aromatic carbocycles. The van der Waals surface area contributed by atoms with Crippen LogP contribution in [0.4, 0.5) is 0 Å². The van der Waals surface area contributed by atoms with Gasteiger partial charge in [0.25, 0.3) is 0 Å². The Labute approximate surface area is 90.8 Å². The molecule has 2 unspecified atom stereocenters. The lowest BCUT2D eigenvalue weighted by Gasteiger charge is -2.24. The van der Waals surface area contributed by atoms with Crippen molar-refractivity contribution in [2.45, 2.75) is 65.7 Å². The Morgan fingerprint density at radius 1 is 1.00 bits per heavy atom. The van der Waals surface area contributed by atoms with Gasteiger partial charge in [-0.05, 0) is 31.1 Å². The molecule has 0 N–H and O–H groups in total. The molecule has 0 nitrogen and oxygen atoms in total. The third-order valence-corrected chi connectivity index (χ3v) is 3.36. The summed E-state index contributed by atoms with van der Waals surface area (Å²) in [7, 11) is 0. The monoisotopic (exact) mass is 196 g/mol. The van der Waals surface area contributed by atoms with Crippen molar-refractivity contribution in [3.63, 3.8) is 0 Å². The van der Waals surface area contributed by atoms with Crippen LogP contribution in [0.5, 0.6) is 0 Å². The molecule has 0 saturated heterocycles. The Balaban J connectivity index is 3.87. The van der Waals surface area contributed by atoms with Gasteiger partial charge in [-0.2, -0.15) is 0 Å². The van der Waals surface area contributed by atoms with Gasteiger partial charge in [0.1, 0.15) is 0 Å². The van der Waals surface area contributed by atoms with Crippen LogP contribution in [0.3, 0.4) is 0 Å². The maximum absolute atomic E-state index is 3.78. The fourth-order valence-corrected chi connectivity index (χ4v) is 2.44. The molecular weight excluding hydrogens is 168 g/mol. The fourth-order valence-electron chi connectivity index (χ4n) is 2.44. The minimum absolute atomic E-state index is 0.958. The van der Waals surface area contributed by atoms with E-state index >= 15 is 0 Å². The summed E-state index contributed by atoms with van der Waals surface area (Å²) in [5.74, 6) is 1.93. The van der Waals surface area contributed by atoms with Crippen molar-refractivity contribution in [2.24, 2.45) is 11.8 Å². The predicted molar refractivity (Wildman–Crippen MR) is 66.5 cm³/mol. The molecule has 0 aliphatic carbocycles. The van der Waals surface area contributed by atoms with Crippen LogP contribution >= 0.6 is 0 Å². The van der Waals surface area contributed by atoms with E-state index in [4.69, 9.17) is 0 Å². The van der Waals surface area contributed by atoms with Crippen molar-refractivity contribution in [3.8, 4) is 0 Å². The Bertz CT molecular complexity index is 126. The van der Waals surface area contributed by atoms with E-state index in [-0.39, 0.29) is 0 Å². The molecule has 0 saturated carbocycles. The average molecular weight is 196 g/mol. The number of allylic oxidation sites excluding steroid dienone is 1. The SMILES string of the molecule is C=CCCCC(CC)C(CC)CCC. The molecule has 0 rings (SSSR count). The molecule has 0 aliphatic heterocycles. The van der Waals surface area contributed by atoms with Gasteiger partial charge in [0.05, 0.1) is 0 Å². The zero-order valence-corrected chi connectivity index (χ0v) is 10.4. The molecule has 0 aliphatic rings. The summed E-state index contributed by atoms with van der Waals surface area (Å²) in [5.41, 5.74) is 0. The highest BCUT2D eigenvalue weighted by Gasteiger charge is 2.16. The Morgan fingerprint density at radius 2 is 1.57 bits per heavy atom. The zero-order valence-electron chi connectivity index (χ0n) is 10.4. The molecule has 0 aromatic heterocycles. The van der Waals surface area contributed by atoms with Crippen molar-refractivity contribution < 1.29 is 0 Å². The summed E-state index contributed by atoms with van der Waals surface area (Å²) in [5, 5.41) is 0. The minimum atomic E-state index is 0.958. The van der Waals surface area contributed by atoms with E-state index in [2.05, 4.69) is 27.4 Å². The van der Waals surface area contributed by atoms with Crippen LogP contribution in [0.15, 0.2) is 12.7 Å². The third-order valence-electron chi connectivity index (χ3n) is 3.36. The van der Waals surface area contributed by atoms with Gasteiger partial charge >= 0.3 is 0 Å². The standard InChI is InChI=1S/C14H28/c1-5-9-10-12-14(8-4)13(7-3)11-6-2/h5,13-14H,1,6-12H2,2-4H3. The van der Waals surface area contributed by atoms with Gasteiger partial charge in [0, 0.05) is 0 Å². The highest BCUT2D eigenvalue weighted by atomic mass is 14.2. The highest BCUT2D eigenvalue weighted by Crippen LogP contribution is 2.28. The van der Waals surface area contributed by atoms with Crippen LogP contribution in [0.1, 0.15) is 65.7 Å². The quantitative estimate of drug-likeness (QED) is 0.351. The molecule has 0 amide bonds. The van der Waals surface area contributed by atoms with Crippen LogP contribution in [0, 0.1) is 11.8 Å². The maximum Gasteiger partial charge on any atom is -0.0353 e.